The Morgan fingerprint density at radius 1 is 1.12 bits per heavy atom. The van der Waals surface area contributed by atoms with Crippen molar-refractivity contribution in [3.63, 3.8) is 0 Å². The van der Waals surface area contributed by atoms with Crippen LogP contribution in [-0.4, -0.2) is 26.1 Å². The van der Waals surface area contributed by atoms with Crippen LogP contribution in [0.5, 0.6) is 0 Å². The largest absolute Gasteiger partial charge is 0.324 e. The molecule has 0 aliphatic carbocycles. The predicted molar refractivity (Wildman–Crippen MR) is 102 cm³/mol. The second kappa shape index (κ2) is 7.91. The summed E-state index contributed by atoms with van der Waals surface area (Å²) in [4.78, 5) is 13.6. The van der Waals surface area contributed by atoms with Gasteiger partial charge < -0.3 is 5.32 Å². The first-order valence-electron chi connectivity index (χ1n) is 8.82. The molecule has 3 aromatic rings. The topological polar surface area (TPSA) is 72.7 Å². The Bertz CT molecular complexity index is 883. The molecule has 134 valence electrons. The highest BCUT2D eigenvalue weighted by Crippen LogP contribution is 2.19. The molecule has 1 heterocycles. The van der Waals surface area contributed by atoms with Crippen molar-refractivity contribution in [1.82, 2.24) is 20.2 Å². The van der Waals surface area contributed by atoms with Gasteiger partial charge in [-0.05, 0) is 34.7 Å². The van der Waals surface area contributed by atoms with E-state index in [1.165, 1.54) is 10.4 Å². The number of nitrogens with zero attached hydrogens (tertiary/aromatic N) is 4. The SMILES string of the molecule is CCc1ccccc1NC(=O)Cn1nnc(-c2ccc(C(C)C)cc2)n1. The van der Waals surface area contributed by atoms with Crippen LogP contribution in [0.2, 0.25) is 0 Å². The van der Waals surface area contributed by atoms with E-state index >= 15 is 0 Å². The molecule has 2 aromatic carbocycles. The van der Waals surface area contributed by atoms with Crippen LogP contribution in [-0.2, 0) is 17.8 Å². The molecule has 0 saturated heterocycles. The monoisotopic (exact) mass is 349 g/mol. The summed E-state index contributed by atoms with van der Waals surface area (Å²) in [7, 11) is 0. The first-order valence-corrected chi connectivity index (χ1v) is 8.82. The highest BCUT2D eigenvalue weighted by atomic mass is 16.2. The van der Waals surface area contributed by atoms with Crippen LogP contribution in [0.15, 0.2) is 48.5 Å². The third kappa shape index (κ3) is 4.14. The first kappa shape index (κ1) is 17.8. The van der Waals surface area contributed by atoms with Crippen molar-refractivity contribution in [2.75, 3.05) is 5.32 Å². The number of anilines is 1. The number of para-hydroxylation sites is 1. The Labute approximate surface area is 153 Å². The van der Waals surface area contributed by atoms with Crippen LogP contribution in [0.25, 0.3) is 11.4 Å². The third-order valence-electron chi connectivity index (χ3n) is 4.25. The summed E-state index contributed by atoms with van der Waals surface area (Å²) in [5.74, 6) is 0.814. The molecule has 3 rings (SSSR count). The molecule has 0 saturated carbocycles. The maximum absolute atomic E-state index is 12.3. The van der Waals surface area contributed by atoms with E-state index in [2.05, 4.69) is 53.6 Å². The Hall–Kier alpha value is -3.02. The number of nitrogens with one attached hydrogen (secondary N) is 1. The summed E-state index contributed by atoms with van der Waals surface area (Å²) in [5.41, 5.74) is 4.07. The number of tetrazole rings is 1. The highest BCUT2D eigenvalue weighted by Gasteiger charge is 2.11. The molecule has 0 unspecified atom stereocenters. The highest BCUT2D eigenvalue weighted by molar-refractivity contribution is 5.91. The van der Waals surface area contributed by atoms with Gasteiger partial charge in [0.05, 0.1) is 0 Å². The molecule has 0 aliphatic heterocycles. The van der Waals surface area contributed by atoms with Gasteiger partial charge in [-0.1, -0.05) is 63.2 Å². The molecule has 0 spiro atoms. The van der Waals surface area contributed by atoms with Gasteiger partial charge in [0.1, 0.15) is 6.54 Å². The van der Waals surface area contributed by atoms with E-state index < -0.39 is 0 Å². The van der Waals surface area contributed by atoms with Gasteiger partial charge in [-0.15, -0.1) is 10.2 Å². The van der Waals surface area contributed by atoms with E-state index in [9.17, 15) is 4.79 Å². The van der Waals surface area contributed by atoms with Crippen molar-refractivity contribution in [2.45, 2.75) is 39.7 Å². The first-order chi connectivity index (χ1) is 12.6. The number of aromatic nitrogens is 4. The Kier molecular flexibility index (Phi) is 5.41. The number of aryl methyl sites for hydroxylation is 1. The zero-order valence-electron chi connectivity index (χ0n) is 15.3. The molecule has 1 N–H and O–H groups in total. The normalized spacial score (nSPS) is 10.9. The zero-order chi connectivity index (χ0) is 18.5. The molecule has 0 fully saturated rings. The zero-order valence-corrected chi connectivity index (χ0v) is 15.3. The van der Waals surface area contributed by atoms with Crippen LogP contribution in [0.3, 0.4) is 0 Å². The molecule has 6 nitrogen and oxygen atoms in total. The smallest absolute Gasteiger partial charge is 0.248 e. The van der Waals surface area contributed by atoms with Gasteiger partial charge in [-0.25, -0.2) is 0 Å². The quantitative estimate of drug-likeness (QED) is 0.737. The standard InChI is InChI=1S/C20H23N5O/c1-4-15-7-5-6-8-18(15)21-19(26)13-25-23-20(22-24-25)17-11-9-16(10-12-17)14(2)3/h5-12,14H,4,13H2,1-3H3,(H,21,26). The Morgan fingerprint density at radius 3 is 2.54 bits per heavy atom. The van der Waals surface area contributed by atoms with Crippen molar-refractivity contribution < 1.29 is 4.79 Å². The third-order valence-corrected chi connectivity index (χ3v) is 4.25. The number of amides is 1. The maximum atomic E-state index is 12.3. The van der Waals surface area contributed by atoms with E-state index in [4.69, 9.17) is 0 Å². The number of benzene rings is 2. The number of carbonyl (C=O) groups excluding carboxylic acids is 1. The summed E-state index contributed by atoms with van der Waals surface area (Å²) < 4.78 is 0. The van der Waals surface area contributed by atoms with Crippen molar-refractivity contribution >= 4 is 11.6 Å². The van der Waals surface area contributed by atoms with Crippen molar-refractivity contribution in [3.05, 3.63) is 59.7 Å². The summed E-state index contributed by atoms with van der Waals surface area (Å²) >= 11 is 0. The molecule has 6 heteroatoms. The lowest BCUT2D eigenvalue weighted by molar-refractivity contribution is -0.117. The van der Waals surface area contributed by atoms with E-state index in [0.717, 1.165) is 23.2 Å². The minimum absolute atomic E-state index is 0.0229. The van der Waals surface area contributed by atoms with Gasteiger partial charge in [0.25, 0.3) is 0 Å². The number of hydrogen-bond acceptors (Lipinski definition) is 4. The maximum Gasteiger partial charge on any atom is 0.248 e. The van der Waals surface area contributed by atoms with Crippen molar-refractivity contribution in [3.8, 4) is 11.4 Å². The van der Waals surface area contributed by atoms with Crippen LogP contribution in [0.1, 0.15) is 37.8 Å². The Morgan fingerprint density at radius 2 is 1.85 bits per heavy atom. The van der Waals surface area contributed by atoms with Crippen molar-refractivity contribution in [2.24, 2.45) is 0 Å². The molecule has 0 bridgehead atoms. The van der Waals surface area contributed by atoms with Gasteiger partial charge in [-0.3, -0.25) is 4.79 Å². The molecule has 1 aromatic heterocycles. The van der Waals surface area contributed by atoms with E-state index in [0.29, 0.717) is 11.7 Å². The fraction of sp³-hybridized carbons (Fsp3) is 0.300. The average Bonchev–Trinajstić information content (AvgIpc) is 3.10. The second-order valence-electron chi connectivity index (χ2n) is 6.48. The summed E-state index contributed by atoms with van der Waals surface area (Å²) in [6.45, 7) is 6.38. The minimum atomic E-state index is -0.176. The van der Waals surface area contributed by atoms with Gasteiger partial charge in [0, 0.05) is 11.3 Å². The molecule has 0 radical (unpaired) electrons. The number of rotatable bonds is 6. The molecule has 26 heavy (non-hydrogen) atoms. The van der Waals surface area contributed by atoms with Gasteiger partial charge >= 0.3 is 0 Å². The molecule has 0 aliphatic rings. The van der Waals surface area contributed by atoms with Crippen LogP contribution in [0.4, 0.5) is 5.69 Å². The summed E-state index contributed by atoms with van der Waals surface area (Å²) in [6.07, 6.45) is 0.856. The fourth-order valence-corrected chi connectivity index (χ4v) is 2.71. The lowest BCUT2D eigenvalue weighted by Gasteiger charge is -2.08. The van der Waals surface area contributed by atoms with Crippen molar-refractivity contribution in [1.29, 1.82) is 0 Å². The van der Waals surface area contributed by atoms with E-state index in [1.54, 1.807) is 0 Å². The van der Waals surface area contributed by atoms with Crippen LogP contribution in [0, 0.1) is 0 Å². The second-order valence-corrected chi connectivity index (χ2v) is 6.48. The summed E-state index contributed by atoms with van der Waals surface area (Å²) in [6, 6.07) is 15.9. The average molecular weight is 349 g/mol. The minimum Gasteiger partial charge on any atom is -0.324 e. The predicted octanol–water partition coefficient (Wildman–Crippen LogP) is 3.66. The Balaban J connectivity index is 1.67. The molecular formula is C20H23N5O. The van der Waals surface area contributed by atoms with Gasteiger partial charge in [0.2, 0.25) is 11.7 Å². The number of carbonyl (C=O) groups is 1. The lowest BCUT2D eigenvalue weighted by Crippen LogP contribution is -2.21. The molecular weight excluding hydrogens is 326 g/mol. The van der Waals surface area contributed by atoms with Gasteiger partial charge in [0.15, 0.2) is 0 Å². The van der Waals surface area contributed by atoms with E-state index in [-0.39, 0.29) is 12.5 Å². The molecule has 1 amide bonds. The fourth-order valence-electron chi connectivity index (χ4n) is 2.71. The summed E-state index contributed by atoms with van der Waals surface area (Å²) in [5, 5.41) is 15.3. The lowest BCUT2D eigenvalue weighted by atomic mass is 10.0. The van der Waals surface area contributed by atoms with Crippen LogP contribution >= 0.6 is 0 Å². The van der Waals surface area contributed by atoms with Crippen LogP contribution < -0.4 is 5.32 Å². The van der Waals surface area contributed by atoms with Gasteiger partial charge in [-0.2, -0.15) is 4.80 Å². The number of hydrogen-bond donors (Lipinski definition) is 1. The molecule has 0 atom stereocenters. The van der Waals surface area contributed by atoms with E-state index in [1.807, 2.05) is 36.4 Å².